The number of carbonyl (C=O) groups excluding carboxylic acids is 1. The van der Waals surface area contributed by atoms with E-state index in [1.165, 1.54) is 11.8 Å². The lowest BCUT2D eigenvalue weighted by Gasteiger charge is -2.13. The van der Waals surface area contributed by atoms with Crippen molar-refractivity contribution in [3.8, 4) is 5.75 Å². The molecule has 4 aromatic rings. The van der Waals surface area contributed by atoms with Crippen LogP contribution in [0.25, 0.3) is 16.8 Å². The van der Waals surface area contributed by atoms with Crippen molar-refractivity contribution >= 4 is 57.0 Å². The second kappa shape index (κ2) is 9.75. The SMILES string of the molecule is Cc1cccc(N=C2NC(=O)/C(=C/c3c(OCc4ccc(Cl)cc4)ccc4ccccc34)S2)c1. The molecule has 0 aliphatic carbocycles. The molecule has 1 saturated heterocycles. The zero-order valence-corrected chi connectivity index (χ0v) is 20.0. The van der Waals surface area contributed by atoms with Gasteiger partial charge in [-0.3, -0.25) is 4.79 Å². The average Bonchev–Trinajstić information content (AvgIpc) is 3.18. The summed E-state index contributed by atoms with van der Waals surface area (Å²) >= 11 is 7.33. The Morgan fingerprint density at radius 3 is 2.65 bits per heavy atom. The van der Waals surface area contributed by atoms with E-state index in [0.29, 0.717) is 27.5 Å². The summed E-state index contributed by atoms with van der Waals surface area (Å²) in [4.78, 5) is 17.9. The molecule has 1 fully saturated rings. The molecule has 1 amide bonds. The number of amides is 1. The molecule has 4 nitrogen and oxygen atoms in total. The summed E-state index contributed by atoms with van der Waals surface area (Å²) in [5.41, 5.74) is 3.80. The van der Waals surface area contributed by atoms with Crippen LogP contribution in [0.2, 0.25) is 5.02 Å². The molecule has 4 aromatic carbocycles. The lowest BCUT2D eigenvalue weighted by atomic mass is 10.0. The summed E-state index contributed by atoms with van der Waals surface area (Å²) in [5.74, 6) is 0.534. The van der Waals surface area contributed by atoms with Crippen molar-refractivity contribution in [1.29, 1.82) is 0 Å². The Bertz CT molecular complexity index is 1440. The number of nitrogens with one attached hydrogen (secondary N) is 1. The average molecular weight is 485 g/mol. The van der Waals surface area contributed by atoms with E-state index in [9.17, 15) is 4.79 Å². The van der Waals surface area contributed by atoms with Gasteiger partial charge >= 0.3 is 0 Å². The third-order valence-corrected chi connectivity index (χ3v) is 6.56. The van der Waals surface area contributed by atoms with E-state index in [2.05, 4.69) is 10.3 Å². The molecule has 0 spiro atoms. The monoisotopic (exact) mass is 484 g/mol. The van der Waals surface area contributed by atoms with Gasteiger partial charge in [-0.15, -0.1) is 0 Å². The molecule has 5 rings (SSSR count). The van der Waals surface area contributed by atoms with Gasteiger partial charge in [0, 0.05) is 10.6 Å². The predicted octanol–water partition coefficient (Wildman–Crippen LogP) is 7.27. The molecule has 0 unspecified atom stereocenters. The van der Waals surface area contributed by atoms with Gasteiger partial charge in [0.05, 0.1) is 10.6 Å². The Morgan fingerprint density at radius 1 is 1.00 bits per heavy atom. The Kier molecular flexibility index (Phi) is 6.39. The Morgan fingerprint density at radius 2 is 1.82 bits per heavy atom. The highest BCUT2D eigenvalue weighted by atomic mass is 35.5. The molecule has 34 heavy (non-hydrogen) atoms. The largest absolute Gasteiger partial charge is 0.488 e. The summed E-state index contributed by atoms with van der Waals surface area (Å²) in [6.45, 7) is 2.41. The van der Waals surface area contributed by atoms with Crippen LogP contribution in [0.15, 0.2) is 94.8 Å². The van der Waals surface area contributed by atoms with Crippen molar-refractivity contribution in [3.63, 3.8) is 0 Å². The highest BCUT2D eigenvalue weighted by Crippen LogP contribution is 2.35. The summed E-state index contributed by atoms with van der Waals surface area (Å²) in [5, 5.41) is 6.21. The summed E-state index contributed by atoms with van der Waals surface area (Å²) < 4.78 is 6.19. The van der Waals surface area contributed by atoms with E-state index in [4.69, 9.17) is 16.3 Å². The van der Waals surface area contributed by atoms with Gasteiger partial charge in [-0.05, 0) is 77.0 Å². The van der Waals surface area contributed by atoms with Gasteiger partial charge in [-0.2, -0.15) is 0 Å². The molecule has 0 saturated carbocycles. The van der Waals surface area contributed by atoms with Crippen LogP contribution in [0.5, 0.6) is 5.75 Å². The van der Waals surface area contributed by atoms with E-state index < -0.39 is 0 Å². The van der Waals surface area contributed by atoms with Crippen molar-refractivity contribution in [3.05, 3.63) is 112 Å². The third kappa shape index (κ3) is 5.01. The number of amidine groups is 1. The zero-order valence-electron chi connectivity index (χ0n) is 18.4. The van der Waals surface area contributed by atoms with Crippen molar-refractivity contribution in [2.24, 2.45) is 4.99 Å². The minimum atomic E-state index is -0.173. The number of hydrogen-bond acceptors (Lipinski definition) is 4. The maximum atomic E-state index is 12.8. The first kappa shape index (κ1) is 22.3. The number of benzene rings is 4. The number of carbonyl (C=O) groups is 1. The maximum absolute atomic E-state index is 12.8. The number of aryl methyl sites for hydroxylation is 1. The highest BCUT2D eigenvalue weighted by molar-refractivity contribution is 8.18. The van der Waals surface area contributed by atoms with Crippen molar-refractivity contribution in [1.82, 2.24) is 5.32 Å². The maximum Gasteiger partial charge on any atom is 0.264 e. The lowest BCUT2D eigenvalue weighted by molar-refractivity contribution is -0.115. The quantitative estimate of drug-likeness (QED) is 0.303. The molecule has 0 atom stereocenters. The summed E-state index contributed by atoms with van der Waals surface area (Å²) in [6.07, 6.45) is 1.89. The van der Waals surface area contributed by atoms with Crippen molar-refractivity contribution in [2.75, 3.05) is 0 Å². The normalized spacial score (nSPS) is 15.8. The van der Waals surface area contributed by atoms with E-state index >= 15 is 0 Å². The molecule has 0 radical (unpaired) electrons. The molecule has 1 aliphatic rings. The van der Waals surface area contributed by atoms with Crippen LogP contribution in [-0.2, 0) is 11.4 Å². The predicted molar refractivity (Wildman–Crippen MR) is 142 cm³/mol. The fourth-order valence-corrected chi connectivity index (χ4v) is 4.67. The molecule has 6 heteroatoms. The summed E-state index contributed by atoms with van der Waals surface area (Å²) in [7, 11) is 0. The van der Waals surface area contributed by atoms with E-state index in [1.54, 1.807) is 0 Å². The standard InChI is InChI=1S/C28H21ClN2O2S/c1-18-5-4-7-22(15-18)30-28-31-27(32)26(34-28)16-24-23-8-3-2-6-20(23)11-14-25(24)33-17-19-9-12-21(29)13-10-19/h2-16H,17H2,1H3,(H,30,31,32)/b26-16-. The molecule has 1 N–H and O–H groups in total. The van der Waals surface area contributed by atoms with Gasteiger partial charge in [-0.25, -0.2) is 4.99 Å². The van der Waals surface area contributed by atoms with Gasteiger partial charge in [-0.1, -0.05) is 66.2 Å². The van der Waals surface area contributed by atoms with Crippen molar-refractivity contribution in [2.45, 2.75) is 13.5 Å². The van der Waals surface area contributed by atoms with Gasteiger partial charge in [0.15, 0.2) is 5.17 Å². The number of aliphatic imine (C=N–C) groups is 1. The van der Waals surface area contributed by atoms with Crippen LogP contribution in [-0.4, -0.2) is 11.1 Å². The van der Waals surface area contributed by atoms with Gasteiger partial charge in [0.1, 0.15) is 12.4 Å². The number of ether oxygens (including phenoxy) is 1. The smallest absolute Gasteiger partial charge is 0.264 e. The number of thioether (sulfide) groups is 1. The molecule has 0 bridgehead atoms. The minimum absolute atomic E-state index is 0.173. The van der Waals surface area contributed by atoms with Gasteiger partial charge in [0.25, 0.3) is 5.91 Å². The Balaban J connectivity index is 1.48. The van der Waals surface area contributed by atoms with E-state index in [-0.39, 0.29) is 5.91 Å². The summed E-state index contributed by atoms with van der Waals surface area (Å²) in [6, 6.07) is 27.5. The Hall–Kier alpha value is -3.54. The second-order valence-electron chi connectivity index (χ2n) is 7.93. The van der Waals surface area contributed by atoms with E-state index in [1.807, 2.05) is 97.9 Å². The zero-order chi connectivity index (χ0) is 23.5. The molecular weight excluding hydrogens is 464 g/mol. The fourth-order valence-electron chi connectivity index (χ4n) is 3.72. The number of hydrogen-bond donors (Lipinski definition) is 1. The van der Waals surface area contributed by atoms with Gasteiger partial charge < -0.3 is 10.1 Å². The molecule has 1 heterocycles. The second-order valence-corrected chi connectivity index (χ2v) is 9.40. The number of halogens is 1. The van der Waals surface area contributed by atoms with Crippen LogP contribution < -0.4 is 10.1 Å². The first-order valence-corrected chi connectivity index (χ1v) is 12.0. The molecule has 0 aromatic heterocycles. The number of fused-ring (bicyclic) bond motifs is 1. The number of nitrogens with zero attached hydrogens (tertiary/aromatic N) is 1. The topological polar surface area (TPSA) is 50.7 Å². The number of rotatable bonds is 5. The van der Waals surface area contributed by atoms with E-state index in [0.717, 1.165) is 33.2 Å². The molecular formula is C28H21ClN2O2S. The first-order valence-electron chi connectivity index (χ1n) is 10.8. The Labute approximate surface area is 207 Å². The van der Waals surface area contributed by atoms with Crippen molar-refractivity contribution < 1.29 is 9.53 Å². The van der Waals surface area contributed by atoms with Crippen LogP contribution in [0.1, 0.15) is 16.7 Å². The van der Waals surface area contributed by atoms with Crippen LogP contribution in [0.4, 0.5) is 5.69 Å². The van der Waals surface area contributed by atoms with Gasteiger partial charge in [0.2, 0.25) is 0 Å². The minimum Gasteiger partial charge on any atom is -0.488 e. The fraction of sp³-hybridized carbons (Fsp3) is 0.0714. The molecule has 168 valence electrons. The lowest BCUT2D eigenvalue weighted by Crippen LogP contribution is -2.19. The third-order valence-electron chi connectivity index (χ3n) is 5.40. The van der Waals surface area contributed by atoms with Crippen LogP contribution in [0.3, 0.4) is 0 Å². The van der Waals surface area contributed by atoms with Crippen LogP contribution in [0, 0.1) is 6.92 Å². The molecule has 1 aliphatic heterocycles. The van der Waals surface area contributed by atoms with Crippen LogP contribution >= 0.6 is 23.4 Å². The first-order chi connectivity index (χ1) is 16.5. The highest BCUT2D eigenvalue weighted by Gasteiger charge is 2.25.